The fourth-order valence-corrected chi connectivity index (χ4v) is 3.98. The van der Waals surface area contributed by atoms with Gasteiger partial charge in [-0.2, -0.15) is 0 Å². The van der Waals surface area contributed by atoms with Crippen LogP contribution < -0.4 is 0 Å². The van der Waals surface area contributed by atoms with Gasteiger partial charge in [-0.25, -0.2) is 0 Å². The molecule has 1 saturated heterocycles. The van der Waals surface area contributed by atoms with Crippen LogP contribution in [0.1, 0.15) is 37.5 Å². The van der Waals surface area contributed by atoms with E-state index in [9.17, 15) is 19.2 Å². The number of rotatable bonds is 3. The number of fused-ring (bicyclic) bond motifs is 1. The first-order valence-corrected chi connectivity index (χ1v) is 10.1. The van der Waals surface area contributed by atoms with Crippen LogP contribution in [0, 0.1) is 0 Å². The topological polar surface area (TPSA) is 78.0 Å². The van der Waals surface area contributed by atoms with Gasteiger partial charge >= 0.3 is 0 Å². The summed E-state index contributed by atoms with van der Waals surface area (Å²) in [5, 5.41) is 0.494. The van der Waals surface area contributed by atoms with Crippen LogP contribution >= 0.6 is 11.6 Å². The minimum Gasteiger partial charge on any atom is -0.339 e. The van der Waals surface area contributed by atoms with Gasteiger partial charge in [0.05, 0.1) is 11.1 Å². The Hall–Kier alpha value is -3.19. The highest BCUT2D eigenvalue weighted by molar-refractivity contribution is 6.31. The molecule has 0 saturated carbocycles. The molecule has 0 N–H and O–H groups in total. The molecule has 1 fully saturated rings. The molecule has 4 rings (SSSR count). The molecule has 7 nitrogen and oxygen atoms in total. The van der Waals surface area contributed by atoms with E-state index in [1.54, 1.807) is 58.3 Å². The van der Waals surface area contributed by atoms with Crippen LogP contribution in [-0.4, -0.2) is 71.1 Å². The predicted octanol–water partition coefficient (Wildman–Crippen LogP) is 2.31. The van der Waals surface area contributed by atoms with Gasteiger partial charge in [-0.1, -0.05) is 29.8 Å². The van der Waals surface area contributed by atoms with E-state index in [4.69, 9.17) is 11.6 Å². The summed E-state index contributed by atoms with van der Waals surface area (Å²) in [6.07, 6.45) is 0.611. The largest absolute Gasteiger partial charge is 0.339 e. The van der Waals surface area contributed by atoms with Gasteiger partial charge in [0, 0.05) is 36.8 Å². The molecule has 0 atom stereocenters. The maximum atomic E-state index is 12.8. The smallest absolute Gasteiger partial charge is 0.262 e. The highest BCUT2D eigenvalue weighted by atomic mass is 35.5. The molecule has 154 valence electrons. The number of carbonyl (C=O) groups excluding carboxylic acids is 4. The van der Waals surface area contributed by atoms with Crippen LogP contribution in [0.15, 0.2) is 48.5 Å². The van der Waals surface area contributed by atoms with Crippen molar-refractivity contribution in [2.45, 2.75) is 6.42 Å². The maximum Gasteiger partial charge on any atom is 0.262 e. The van der Waals surface area contributed by atoms with Crippen LogP contribution in [0.2, 0.25) is 5.02 Å². The number of hydrogen-bond acceptors (Lipinski definition) is 4. The lowest BCUT2D eigenvalue weighted by Crippen LogP contribution is -2.44. The van der Waals surface area contributed by atoms with Gasteiger partial charge in [0.2, 0.25) is 5.91 Å². The van der Waals surface area contributed by atoms with Crippen molar-refractivity contribution >= 4 is 35.2 Å². The van der Waals surface area contributed by atoms with Crippen molar-refractivity contribution < 1.29 is 19.2 Å². The Balaban J connectivity index is 1.39. The number of amides is 4. The zero-order valence-electron chi connectivity index (χ0n) is 16.2. The summed E-state index contributed by atoms with van der Waals surface area (Å²) in [6.45, 7) is 1.39. The lowest BCUT2D eigenvalue weighted by molar-refractivity contribution is -0.131. The van der Waals surface area contributed by atoms with E-state index in [0.29, 0.717) is 54.3 Å². The normalized spacial score (nSPS) is 16.5. The van der Waals surface area contributed by atoms with Crippen molar-refractivity contribution in [1.82, 2.24) is 14.7 Å². The molecule has 2 aromatic rings. The number of benzene rings is 2. The summed E-state index contributed by atoms with van der Waals surface area (Å²) in [7, 11) is 0. The molecule has 30 heavy (non-hydrogen) atoms. The summed E-state index contributed by atoms with van der Waals surface area (Å²) in [6, 6.07) is 13.3. The molecular weight excluding hydrogens is 406 g/mol. The second-order valence-electron chi connectivity index (χ2n) is 7.28. The molecular formula is C22H20ClN3O4. The van der Waals surface area contributed by atoms with Gasteiger partial charge in [0.25, 0.3) is 17.7 Å². The third-order valence-corrected chi connectivity index (χ3v) is 5.61. The Bertz CT molecular complexity index is 1000. The summed E-state index contributed by atoms with van der Waals surface area (Å²) in [5.74, 6) is -1.33. The third-order valence-electron chi connectivity index (χ3n) is 5.38. The minimum atomic E-state index is -0.448. The van der Waals surface area contributed by atoms with Crippen molar-refractivity contribution in [3.63, 3.8) is 0 Å². The molecule has 4 amide bonds. The average molecular weight is 426 g/mol. The van der Waals surface area contributed by atoms with Gasteiger partial charge in [-0.15, -0.1) is 0 Å². The lowest BCUT2D eigenvalue weighted by Gasteiger charge is -2.24. The quantitative estimate of drug-likeness (QED) is 0.707. The molecule has 0 unspecified atom stereocenters. The molecule has 0 bridgehead atoms. The monoisotopic (exact) mass is 425 g/mol. The molecule has 8 heteroatoms. The Kier molecular flexibility index (Phi) is 5.55. The van der Waals surface area contributed by atoms with Crippen LogP contribution in [0.4, 0.5) is 0 Å². The summed E-state index contributed by atoms with van der Waals surface area (Å²) < 4.78 is 0. The molecule has 2 aliphatic rings. The van der Waals surface area contributed by atoms with Gasteiger partial charge in [-0.3, -0.25) is 24.1 Å². The lowest BCUT2D eigenvalue weighted by atomic mass is 10.1. The molecule has 0 aliphatic carbocycles. The zero-order valence-corrected chi connectivity index (χ0v) is 17.0. The maximum absolute atomic E-state index is 12.8. The van der Waals surface area contributed by atoms with E-state index in [0.717, 1.165) is 4.90 Å². The van der Waals surface area contributed by atoms with E-state index < -0.39 is 11.8 Å². The fourth-order valence-electron chi connectivity index (χ4n) is 3.79. The van der Waals surface area contributed by atoms with E-state index in [1.165, 1.54) is 0 Å². The highest BCUT2D eigenvalue weighted by Crippen LogP contribution is 2.22. The zero-order chi connectivity index (χ0) is 21.3. The van der Waals surface area contributed by atoms with Crippen LogP contribution in [-0.2, 0) is 4.79 Å². The Labute approximate surface area is 178 Å². The van der Waals surface area contributed by atoms with E-state index >= 15 is 0 Å². The highest BCUT2D eigenvalue weighted by Gasteiger charge is 2.37. The molecule has 0 radical (unpaired) electrons. The number of imide groups is 1. The second-order valence-corrected chi connectivity index (χ2v) is 7.72. The fraction of sp³-hybridized carbons (Fsp3) is 0.273. The molecule has 2 aromatic carbocycles. The Morgan fingerprint density at radius 2 is 1.47 bits per heavy atom. The number of hydrogen-bond donors (Lipinski definition) is 0. The van der Waals surface area contributed by atoms with Gasteiger partial charge in [0.15, 0.2) is 0 Å². The number of nitrogens with zero attached hydrogens (tertiary/aromatic N) is 3. The first-order chi connectivity index (χ1) is 14.5. The Morgan fingerprint density at radius 1 is 0.833 bits per heavy atom. The van der Waals surface area contributed by atoms with E-state index in [2.05, 4.69) is 0 Å². The summed E-state index contributed by atoms with van der Waals surface area (Å²) in [4.78, 5) is 54.8. The van der Waals surface area contributed by atoms with Gasteiger partial charge in [0.1, 0.15) is 6.54 Å². The van der Waals surface area contributed by atoms with Crippen LogP contribution in [0.3, 0.4) is 0 Å². The van der Waals surface area contributed by atoms with Crippen LogP contribution in [0.5, 0.6) is 0 Å². The number of halogens is 1. The van der Waals surface area contributed by atoms with Crippen molar-refractivity contribution in [3.8, 4) is 0 Å². The third kappa shape index (κ3) is 3.80. The minimum absolute atomic E-state index is 0.132. The second kappa shape index (κ2) is 8.28. The van der Waals surface area contributed by atoms with Crippen molar-refractivity contribution in [2.24, 2.45) is 0 Å². The average Bonchev–Trinajstić information content (AvgIpc) is 2.93. The summed E-state index contributed by atoms with van der Waals surface area (Å²) >= 11 is 5.98. The van der Waals surface area contributed by atoms with Crippen molar-refractivity contribution in [1.29, 1.82) is 0 Å². The van der Waals surface area contributed by atoms with E-state index in [1.807, 2.05) is 0 Å². The Morgan fingerprint density at radius 3 is 2.13 bits per heavy atom. The van der Waals surface area contributed by atoms with Crippen LogP contribution in [0.25, 0.3) is 0 Å². The first kappa shape index (κ1) is 20.1. The van der Waals surface area contributed by atoms with Gasteiger partial charge in [-0.05, 0) is 36.8 Å². The summed E-state index contributed by atoms with van der Waals surface area (Å²) in [5.41, 5.74) is 1.15. The molecule has 0 aromatic heterocycles. The first-order valence-electron chi connectivity index (χ1n) is 9.73. The molecule has 2 heterocycles. The predicted molar refractivity (Wildman–Crippen MR) is 110 cm³/mol. The van der Waals surface area contributed by atoms with Gasteiger partial charge < -0.3 is 9.80 Å². The SMILES string of the molecule is O=C(CN1C(=O)c2ccccc2C1=O)N1CCCN(C(=O)c2cccc(Cl)c2)CC1. The van der Waals surface area contributed by atoms with Crippen molar-refractivity contribution in [3.05, 3.63) is 70.2 Å². The van der Waals surface area contributed by atoms with Crippen molar-refractivity contribution in [2.75, 3.05) is 32.7 Å². The molecule has 0 spiro atoms. The molecule has 2 aliphatic heterocycles. The number of carbonyl (C=O) groups is 4. The standard InChI is InChI=1S/C22H20ClN3O4/c23-16-6-3-5-15(13-16)20(28)25-10-4-9-24(11-12-25)19(27)14-26-21(29)17-7-1-2-8-18(17)22(26)30/h1-3,5-8,13H,4,9-12,14H2. The van der Waals surface area contributed by atoms with E-state index in [-0.39, 0.29) is 18.4 Å².